The quantitative estimate of drug-likeness (QED) is 0.572. The van der Waals surface area contributed by atoms with Gasteiger partial charge in [-0.1, -0.05) is 0 Å². The molecule has 19 heavy (non-hydrogen) atoms. The largest absolute Gasteiger partial charge is 0.618 e. The molecule has 0 N–H and O–H groups in total. The maximum Gasteiger partial charge on any atom is 0.199 e. The molecule has 3 heteroatoms. The Morgan fingerprint density at radius 2 is 1.89 bits per heavy atom. The van der Waals surface area contributed by atoms with Crippen molar-refractivity contribution < 1.29 is 9.52 Å². The van der Waals surface area contributed by atoms with Gasteiger partial charge in [0.2, 0.25) is 0 Å². The van der Waals surface area contributed by atoms with Crippen LogP contribution < -0.4 is 4.73 Å². The van der Waals surface area contributed by atoms with E-state index in [1.807, 2.05) is 25.1 Å². The van der Waals surface area contributed by atoms with Crippen molar-refractivity contribution in [1.82, 2.24) is 0 Å². The Hall–Kier alpha value is -1.38. The monoisotopic (exact) mass is 257 g/mol. The molecule has 2 unspecified atom stereocenters. The number of aromatic nitrogens is 1. The smallest absolute Gasteiger partial charge is 0.199 e. The molecule has 100 valence electrons. The van der Waals surface area contributed by atoms with Crippen molar-refractivity contribution in [1.29, 1.82) is 0 Å². The van der Waals surface area contributed by atoms with Gasteiger partial charge in [0, 0.05) is 30.9 Å². The molecule has 0 spiro atoms. The zero-order valence-electron chi connectivity index (χ0n) is 11.3. The van der Waals surface area contributed by atoms with E-state index in [4.69, 9.17) is 0 Å². The van der Waals surface area contributed by atoms with Crippen LogP contribution in [0.5, 0.6) is 0 Å². The van der Waals surface area contributed by atoms with Gasteiger partial charge >= 0.3 is 0 Å². The first kappa shape index (κ1) is 11.4. The summed E-state index contributed by atoms with van der Waals surface area (Å²) in [5.74, 6) is 1.60. The number of Topliss-reactive ketones (excluding diaryl/α,β-unsaturated/α-hetero) is 1. The zero-order chi connectivity index (χ0) is 13.2. The third-order valence-corrected chi connectivity index (χ3v) is 5.67. The highest BCUT2D eigenvalue weighted by molar-refractivity contribution is 5.86. The van der Waals surface area contributed by atoms with Crippen LogP contribution in [-0.4, -0.2) is 5.78 Å². The van der Waals surface area contributed by atoms with Gasteiger partial charge in [-0.15, -0.1) is 0 Å². The Morgan fingerprint density at radius 1 is 1.21 bits per heavy atom. The highest BCUT2D eigenvalue weighted by Gasteiger charge is 2.58. The average molecular weight is 257 g/mol. The molecule has 5 rings (SSSR count). The van der Waals surface area contributed by atoms with Crippen LogP contribution in [0, 0.1) is 29.9 Å². The van der Waals surface area contributed by atoms with Crippen molar-refractivity contribution in [2.24, 2.45) is 17.8 Å². The van der Waals surface area contributed by atoms with Crippen LogP contribution in [0.15, 0.2) is 18.2 Å². The molecule has 0 aromatic carbocycles. The lowest BCUT2D eigenvalue weighted by Gasteiger charge is -2.54. The van der Waals surface area contributed by atoms with E-state index in [1.165, 1.54) is 0 Å². The summed E-state index contributed by atoms with van der Waals surface area (Å²) in [6.07, 6.45) is 5.07. The fourth-order valence-electron chi connectivity index (χ4n) is 5.06. The van der Waals surface area contributed by atoms with Gasteiger partial charge in [0.05, 0.1) is 5.41 Å². The standard InChI is InChI=1S/C16H19NO2/c1-10-3-2-4-14(17(10)19)16-7-11-5-12(8-16)15(18)13(6-11)9-16/h2-4,11-13H,5-9H2,1H3/t11?,12-,13+,16?. The lowest BCUT2D eigenvalue weighted by atomic mass is 9.48. The number of nitrogens with zero attached hydrogens (tertiary/aromatic N) is 1. The van der Waals surface area contributed by atoms with Crippen LogP contribution in [0.1, 0.15) is 43.5 Å². The molecule has 0 radical (unpaired) electrons. The number of pyridine rings is 1. The second-order valence-electron chi connectivity index (χ2n) is 6.87. The van der Waals surface area contributed by atoms with Gasteiger partial charge in [0.25, 0.3) is 0 Å². The molecule has 4 aliphatic carbocycles. The summed E-state index contributed by atoms with van der Waals surface area (Å²) >= 11 is 0. The zero-order valence-corrected chi connectivity index (χ0v) is 11.3. The number of carbonyl (C=O) groups is 1. The topological polar surface area (TPSA) is 44.0 Å². The van der Waals surface area contributed by atoms with Crippen molar-refractivity contribution >= 4 is 5.78 Å². The minimum absolute atomic E-state index is 0.0157. The molecule has 0 aliphatic heterocycles. The molecule has 4 atom stereocenters. The van der Waals surface area contributed by atoms with Crippen molar-refractivity contribution in [2.75, 3.05) is 0 Å². The molecule has 3 nitrogen and oxygen atoms in total. The first-order chi connectivity index (χ1) is 9.09. The molecular formula is C16H19NO2. The molecule has 1 aromatic heterocycles. The average Bonchev–Trinajstić information content (AvgIpc) is 2.38. The second kappa shape index (κ2) is 3.59. The maximum atomic E-state index is 12.4. The number of hydrogen-bond donors (Lipinski definition) is 0. The van der Waals surface area contributed by atoms with Crippen LogP contribution in [-0.2, 0) is 10.2 Å². The molecular weight excluding hydrogens is 238 g/mol. The summed E-state index contributed by atoms with van der Waals surface area (Å²) in [4.78, 5) is 12.2. The maximum absolute atomic E-state index is 12.4. The Bertz CT molecular complexity index is 548. The van der Waals surface area contributed by atoms with E-state index in [1.54, 1.807) is 0 Å². The minimum Gasteiger partial charge on any atom is -0.618 e. The SMILES string of the molecule is Cc1cccc(C23CC4C[C@H](C2)C(=O)[C@@H](C4)C3)[n+]1[O-]. The number of hydrogen-bond acceptors (Lipinski definition) is 2. The molecule has 4 saturated carbocycles. The molecule has 1 heterocycles. The number of carbonyl (C=O) groups excluding carboxylic acids is 1. The van der Waals surface area contributed by atoms with Gasteiger partial charge in [0.1, 0.15) is 5.78 Å². The van der Waals surface area contributed by atoms with Gasteiger partial charge in [0.15, 0.2) is 11.4 Å². The van der Waals surface area contributed by atoms with Crippen molar-refractivity contribution in [3.05, 3.63) is 34.8 Å². The Morgan fingerprint density at radius 3 is 2.58 bits per heavy atom. The van der Waals surface area contributed by atoms with E-state index in [2.05, 4.69) is 0 Å². The molecule has 4 fully saturated rings. The molecule has 0 saturated heterocycles. The van der Waals surface area contributed by atoms with Crippen LogP contribution in [0.3, 0.4) is 0 Å². The van der Waals surface area contributed by atoms with Crippen molar-refractivity contribution in [2.45, 2.75) is 44.4 Å². The van der Waals surface area contributed by atoms with Gasteiger partial charge in [-0.25, -0.2) is 0 Å². The Labute approximate surface area is 113 Å². The van der Waals surface area contributed by atoms with E-state index in [9.17, 15) is 10.0 Å². The van der Waals surface area contributed by atoms with Crippen LogP contribution >= 0.6 is 0 Å². The normalized spacial score (nSPS) is 39.8. The van der Waals surface area contributed by atoms with E-state index in [-0.39, 0.29) is 17.3 Å². The summed E-state index contributed by atoms with van der Waals surface area (Å²) in [6, 6.07) is 5.83. The highest BCUT2D eigenvalue weighted by Crippen LogP contribution is 2.58. The fraction of sp³-hybridized carbons (Fsp3) is 0.625. The van der Waals surface area contributed by atoms with E-state index >= 15 is 0 Å². The first-order valence-electron chi connectivity index (χ1n) is 7.32. The van der Waals surface area contributed by atoms with E-state index in [0.717, 1.165) is 48.2 Å². The number of ketones is 1. The van der Waals surface area contributed by atoms with Gasteiger partial charge in [-0.3, -0.25) is 4.79 Å². The predicted molar refractivity (Wildman–Crippen MR) is 70.4 cm³/mol. The van der Waals surface area contributed by atoms with Crippen molar-refractivity contribution in [3.63, 3.8) is 0 Å². The summed E-state index contributed by atoms with van der Waals surface area (Å²) in [5.41, 5.74) is 1.66. The van der Waals surface area contributed by atoms with Gasteiger partial charge in [-0.2, -0.15) is 4.73 Å². The van der Waals surface area contributed by atoms with Crippen LogP contribution in [0.25, 0.3) is 0 Å². The Balaban J connectivity index is 1.83. The Kier molecular flexibility index (Phi) is 2.16. The number of rotatable bonds is 1. The molecule has 1 aromatic rings. The second-order valence-corrected chi connectivity index (χ2v) is 6.87. The summed E-state index contributed by atoms with van der Waals surface area (Å²) in [6.45, 7) is 1.86. The molecule has 0 amide bonds. The van der Waals surface area contributed by atoms with Gasteiger partial charge in [-0.05, 0) is 44.1 Å². The molecule has 4 bridgehead atoms. The van der Waals surface area contributed by atoms with E-state index in [0.29, 0.717) is 11.7 Å². The predicted octanol–water partition coefficient (Wildman–Crippen LogP) is 2.28. The summed E-state index contributed by atoms with van der Waals surface area (Å²) in [5, 5.41) is 12.4. The van der Waals surface area contributed by atoms with E-state index < -0.39 is 0 Å². The fourth-order valence-corrected chi connectivity index (χ4v) is 5.06. The molecule has 4 aliphatic rings. The lowest BCUT2D eigenvalue weighted by Crippen LogP contribution is -2.57. The highest BCUT2D eigenvalue weighted by atomic mass is 16.5. The third kappa shape index (κ3) is 1.44. The summed E-state index contributed by atoms with van der Waals surface area (Å²) < 4.78 is 1.11. The lowest BCUT2D eigenvalue weighted by molar-refractivity contribution is -0.626. The van der Waals surface area contributed by atoms with Crippen molar-refractivity contribution in [3.8, 4) is 0 Å². The van der Waals surface area contributed by atoms with Crippen LogP contribution in [0.2, 0.25) is 0 Å². The first-order valence-corrected chi connectivity index (χ1v) is 7.32. The summed E-state index contributed by atoms with van der Waals surface area (Å²) in [7, 11) is 0. The van der Waals surface area contributed by atoms with Crippen LogP contribution in [0.4, 0.5) is 0 Å². The number of aryl methyl sites for hydroxylation is 1. The third-order valence-electron chi connectivity index (χ3n) is 5.67. The minimum atomic E-state index is -0.0157. The van der Waals surface area contributed by atoms with Gasteiger partial charge < -0.3 is 5.21 Å².